The van der Waals surface area contributed by atoms with Crippen molar-refractivity contribution in [2.75, 3.05) is 20.1 Å². The lowest BCUT2D eigenvalue weighted by atomic mass is 10.4. The van der Waals surface area contributed by atoms with Crippen LogP contribution in [0.15, 0.2) is 21.5 Å². The summed E-state index contributed by atoms with van der Waals surface area (Å²) in [5, 5.41) is 0.208. The van der Waals surface area contributed by atoms with Gasteiger partial charge in [-0.05, 0) is 32.0 Å². The molecule has 0 heterocycles. The molecule has 0 amide bonds. The molecule has 8 heteroatoms. The molecule has 0 bridgehead atoms. The highest BCUT2D eigenvalue weighted by atomic mass is 79.9. The van der Waals surface area contributed by atoms with Crippen LogP contribution in [-0.4, -0.2) is 39.5 Å². The molecule has 0 aromatic heterocycles. The summed E-state index contributed by atoms with van der Waals surface area (Å²) in [7, 11) is -1.71. The van der Waals surface area contributed by atoms with Crippen molar-refractivity contribution in [3.05, 3.63) is 26.7 Å². The Hall–Kier alpha value is 0.150. The van der Waals surface area contributed by atoms with Gasteiger partial charge in [0, 0.05) is 23.6 Å². The van der Waals surface area contributed by atoms with Crippen LogP contribution in [0.5, 0.6) is 0 Å². The van der Waals surface area contributed by atoms with Gasteiger partial charge in [-0.15, -0.1) is 0 Å². The Morgan fingerprint density at radius 2 is 1.90 bits per heavy atom. The summed E-state index contributed by atoms with van der Waals surface area (Å²) in [6, 6.07) is 3.62. The van der Waals surface area contributed by atoms with Crippen LogP contribution in [0, 0.1) is 0 Å². The Balaban J connectivity index is 2.06. The van der Waals surface area contributed by atoms with Crippen LogP contribution < -0.4 is 4.72 Å². The second-order valence-corrected chi connectivity index (χ2v) is 8.24. The molecule has 0 aliphatic heterocycles. The molecule has 1 aliphatic rings. The van der Waals surface area contributed by atoms with Gasteiger partial charge in [-0.3, -0.25) is 0 Å². The van der Waals surface area contributed by atoms with E-state index in [0.29, 0.717) is 23.6 Å². The number of sulfonamides is 1. The number of hydrogen-bond donors (Lipinski definition) is 1. The third-order valence-electron chi connectivity index (χ3n) is 3.16. The van der Waals surface area contributed by atoms with Crippen LogP contribution in [-0.2, 0) is 10.0 Å². The molecule has 1 fully saturated rings. The van der Waals surface area contributed by atoms with Gasteiger partial charge in [0.25, 0.3) is 0 Å². The van der Waals surface area contributed by atoms with Gasteiger partial charge in [-0.1, -0.05) is 39.1 Å². The molecule has 1 saturated carbocycles. The molecule has 112 valence electrons. The highest BCUT2D eigenvalue weighted by Crippen LogP contribution is 2.32. The van der Waals surface area contributed by atoms with E-state index in [9.17, 15) is 8.42 Å². The molecular formula is C12H15BrCl2N2O2S. The topological polar surface area (TPSA) is 49.4 Å². The van der Waals surface area contributed by atoms with Crippen molar-refractivity contribution in [1.82, 2.24) is 9.62 Å². The summed E-state index contributed by atoms with van der Waals surface area (Å²) >= 11 is 15.2. The predicted octanol–water partition coefficient (Wildman–Crippen LogP) is 3.13. The number of nitrogens with zero attached hydrogens (tertiary/aromatic N) is 1. The van der Waals surface area contributed by atoms with Gasteiger partial charge in [-0.25, -0.2) is 13.1 Å². The van der Waals surface area contributed by atoms with E-state index < -0.39 is 10.0 Å². The maximum atomic E-state index is 12.2. The Labute approximate surface area is 137 Å². The lowest BCUT2D eigenvalue weighted by Crippen LogP contribution is -2.34. The summed E-state index contributed by atoms with van der Waals surface area (Å²) in [6.45, 7) is 0.994. The van der Waals surface area contributed by atoms with Crippen LogP contribution in [0.1, 0.15) is 12.8 Å². The van der Waals surface area contributed by atoms with Gasteiger partial charge in [-0.2, -0.15) is 0 Å². The summed E-state index contributed by atoms with van der Waals surface area (Å²) in [5.74, 6) is 0. The number of benzene rings is 1. The fourth-order valence-electron chi connectivity index (χ4n) is 1.91. The van der Waals surface area contributed by atoms with Crippen molar-refractivity contribution in [3.63, 3.8) is 0 Å². The van der Waals surface area contributed by atoms with Crippen LogP contribution in [0.25, 0.3) is 0 Å². The smallest absolute Gasteiger partial charge is 0.243 e. The van der Waals surface area contributed by atoms with Crippen LogP contribution in [0.2, 0.25) is 10.0 Å². The summed E-state index contributed by atoms with van der Waals surface area (Å²) < 4.78 is 27.7. The van der Waals surface area contributed by atoms with E-state index in [0.717, 1.165) is 0 Å². The molecule has 0 atom stereocenters. The molecule has 1 aliphatic carbocycles. The quantitative estimate of drug-likeness (QED) is 0.796. The zero-order valence-electron chi connectivity index (χ0n) is 10.9. The van der Waals surface area contributed by atoms with Crippen LogP contribution >= 0.6 is 39.1 Å². The first-order valence-electron chi connectivity index (χ1n) is 6.15. The Morgan fingerprint density at radius 3 is 2.40 bits per heavy atom. The Kier molecular flexibility index (Phi) is 5.37. The second-order valence-electron chi connectivity index (χ2n) is 4.81. The molecular weight excluding hydrogens is 387 g/mol. The van der Waals surface area contributed by atoms with Gasteiger partial charge < -0.3 is 4.90 Å². The average molecular weight is 402 g/mol. The lowest BCUT2D eigenvalue weighted by Gasteiger charge is -2.16. The van der Waals surface area contributed by atoms with Crippen LogP contribution in [0.3, 0.4) is 0 Å². The maximum absolute atomic E-state index is 12.2. The molecule has 1 aromatic rings. The van der Waals surface area contributed by atoms with Gasteiger partial charge in [0.15, 0.2) is 0 Å². The standard InChI is InChI=1S/C12H15BrCl2N2O2S/c1-17(9-2-3-9)5-4-16-20(18,19)12-10(14)6-8(13)7-11(12)15/h6-7,9,16H,2-5H2,1H3. The number of nitrogens with one attached hydrogen (secondary N) is 1. The average Bonchev–Trinajstić information content (AvgIpc) is 3.09. The van der Waals surface area contributed by atoms with E-state index in [2.05, 4.69) is 25.6 Å². The number of likely N-dealkylation sites (N-methyl/N-ethyl adjacent to an activating group) is 1. The van der Waals surface area contributed by atoms with Crippen molar-refractivity contribution < 1.29 is 8.42 Å². The molecule has 0 saturated heterocycles. The number of rotatable bonds is 6. The third-order valence-corrected chi connectivity index (χ3v) is 6.00. The van der Waals surface area contributed by atoms with Crippen molar-refractivity contribution in [1.29, 1.82) is 0 Å². The first kappa shape index (κ1) is 16.5. The van der Waals surface area contributed by atoms with Crippen molar-refractivity contribution in [2.45, 2.75) is 23.8 Å². The van der Waals surface area contributed by atoms with E-state index in [4.69, 9.17) is 23.2 Å². The predicted molar refractivity (Wildman–Crippen MR) is 85.0 cm³/mol. The molecule has 1 aromatic carbocycles. The molecule has 0 radical (unpaired) electrons. The van der Waals surface area contributed by atoms with E-state index in [1.54, 1.807) is 0 Å². The summed E-state index contributed by atoms with van der Waals surface area (Å²) in [5.41, 5.74) is 0. The van der Waals surface area contributed by atoms with Crippen LogP contribution in [0.4, 0.5) is 0 Å². The minimum Gasteiger partial charge on any atom is -0.302 e. The number of hydrogen-bond acceptors (Lipinski definition) is 3. The Bertz CT molecular complexity index is 582. The largest absolute Gasteiger partial charge is 0.302 e. The molecule has 4 nitrogen and oxygen atoms in total. The minimum absolute atomic E-state index is 0.0712. The number of halogens is 3. The van der Waals surface area contributed by atoms with Crippen molar-refractivity contribution in [3.8, 4) is 0 Å². The first-order valence-corrected chi connectivity index (χ1v) is 9.19. The molecule has 20 heavy (non-hydrogen) atoms. The van der Waals surface area contributed by atoms with Crippen molar-refractivity contribution >= 4 is 49.2 Å². The van der Waals surface area contributed by atoms with Gasteiger partial charge in [0.05, 0.1) is 10.0 Å². The SMILES string of the molecule is CN(CCNS(=O)(=O)c1c(Cl)cc(Br)cc1Cl)C1CC1. The fourth-order valence-corrected chi connectivity index (χ4v) is 4.87. The van der Waals surface area contributed by atoms with E-state index in [1.807, 2.05) is 7.05 Å². The zero-order chi connectivity index (χ0) is 14.9. The second kappa shape index (κ2) is 6.50. The van der Waals surface area contributed by atoms with E-state index >= 15 is 0 Å². The molecule has 0 unspecified atom stereocenters. The maximum Gasteiger partial charge on any atom is 0.243 e. The molecule has 0 spiro atoms. The van der Waals surface area contributed by atoms with E-state index in [1.165, 1.54) is 25.0 Å². The first-order chi connectivity index (χ1) is 9.31. The van der Waals surface area contributed by atoms with E-state index in [-0.39, 0.29) is 14.9 Å². The zero-order valence-corrected chi connectivity index (χ0v) is 14.8. The van der Waals surface area contributed by atoms with Gasteiger partial charge in [0.1, 0.15) is 4.90 Å². The normalized spacial score (nSPS) is 15.8. The Morgan fingerprint density at radius 1 is 1.35 bits per heavy atom. The van der Waals surface area contributed by atoms with Gasteiger partial charge >= 0.3 is 0 Å². The monoisotopic (exact) mass is 400 g/mol. The molecule has 1 N–H and O–H groups in total. The van der Waals surface area contributed by atoms with Gasteiger partial charge in [0.2, 0.25) is 10.0 Å². The molecule has 2 rings (SSSR count). The fraction of sp³-hybridized carbons (Fsp3) is 0.500. The summed E-state index contributed by atoms with van der Waals surface area (Å²) in [6.07, 6.45) is 2.38. The highest BCUT2D eigenvalue weighted by molar-refractivity contribution is 9.10. The summed E-state index contributed by atoms with van der Waals surface area (Å²) in [4.78, 5) is 2.07. The minimum atomic E-state index is -3.70. The lowest BCUT2D eigenvalue weighted by molar-refractivity contribution is 0.329. The highest BCUT2D eigenvalue weighted by Gasteiger charge is 2.26. The van der Waals surface area contributed by atoms with Crippen molar-refractivity contribution in [2.24, 2.45) is 0 Å². The third kappa shape index (κ3) is 4.08.